The van der Waals surface area contributed by atoms with E-state index < -0.39 is 39.1 Å². The molecule has 0 bridgehead atoms. The molecule has 0 amide bonds. The molecule has 0 aliphatic rings. The second-order valence-electron chi connectivity index (χ2n) is 6.02. The zero-order chi connectivity index (χ0) is 22.1. The van der Waals surface area contributed by atoms with Gasteiger partial charge in [0.05, 0.1) is 11.8 Å². The summed E-state index contributed by atoms with van der Waals surface area (Å²) in [6.07, 6.45) is -1.35. The highest BCUT2D eigenvalue weighted by atomic mass is 32.2. The topological polar surface area (TPSA) is 81.2 Å². The number of alkyl halides is 3. The molecule has 0 radical (unpaired) electrons. The van der Waals surface area contributed by atoms with Crippen LogP contribution in [0.5, 0.6) is 11.6 Å². The summed E-state index contributed by atoms with van der Waals surface area (Å²) in [7, 11) is -3.93. The van der Waals surface area contributed by atoms with Crippen molar-refractivity contribution in [3.63, 3.8) is 0 Å². The van der Waals surface area contributed by atoms with Crippen LogP contribution in [0.25, 0.3) is 11.3 Å². The molecule has 0 atom stereocenters. The summed E-state index contributed by atoms with van der Waals surface area (Å²) in [4.78, 5) is 7.85. The van der Waals surface area contributed by atoms with Gasteiger partial charge in [-0.25, -0.2) is 27.2 Å². The number of nitrogens with one attached hydrogen (secondary N) is 1. The molecule has 0 saturated carbocycles. The Labute approximate surface area is 167 Å². The maximum atomic E-state index is 14.3. The largest absolute Gasteiger partial charge is 0.437 e. The van der Waals surface area contributed by atoms with Gasteiger partial charge >= 0.3 is 6.18 Å². The van der Waals surface area contributed by atoms with Crippen LogP contribution < -0.4 is 9.46 Å². The number of ether oxygens (including phenoxy) is 1. The highest BCUT2D eigenvalue weighted by Crippen LogP contribution is 2.34. The van der Waals surface area contributed by atoms with Gasteiger partial charge in [0.1, 0.15) is 17.1 Å². The van der Waals surface area contributed by atoms with Crippen LogP contribution in [0.4, 0.5) is 27.6 Å². The van der Waals surface area contributed by atoms with Crippen LogP contribution in [0, 0.1) is 11.6 Å². The van der Waals surface area contributed by atoms with Crippen LogP contribution in [0.2, 0.25) is 0 Å². The Balaban J connectivity index is 1.96. The lowest BCUT2D eigenvalue weighted by atomic mass is 10.1. The van der Waals surface area contributed by atoms with Crippen LogP contribution in [-0.4, -0.2) is 24.6 Å². The van der Waals surface area contributed by atoms with Crippen molar-refractivity contribution in [3.8, 4) is 22.9 Å². The third-order valence-electron chi connectivity index (χ3n) is 3.66. The second-order valence-corrected chi connectivity index (χ2v) is 7.77. The fourth-order valence-electron chi connectivity index (χ4n) is 2.41. The molecule has 3 aromatic rings. The van der Waals surface area contributed by atoms with Crippen LogP contribution >= 0.6 is 0 Å². The smallest absolute Gasteiger partial charge is 0.416 e. The predicted octanol–water partition coefficient (Wildman–Crippen LogP) is 4.60. The van der Waals surface area contributed by atoms with Crippen LogP contribution in [0.15, 0.2) is 48.8 Å². The first kappa shape index (κ1) is 21.4. The SMILES string of the molecule is CS(=O)(=O)Nc1c(F)cc(-c2nccnc2Oc2ccc(C(F)(F)F)cc2)cc1F. The minimum Gasteiger partial charge on any atom is -0.437 e. The van der Waals surface area contributed by atoms with Crippen LogP contribution in [0.3, 0.4) is 0 Å². The van der Waals surface area contributed by atoms with Crippen molar-refractivity contribution in [1.82, 2.24) is 9.97 Å². The van der Waals surface area contributed by atoms with Crippen molar-refractivity contribution >= 4 is 15.7 Å². The molecule has 0 spiro atoms. The number of rotatable bonds is 5. The molecular formula is C18H12F5N3O3S. The molecule has 12 heteroatoms. The van der Waals surface area contributed by atoms with Gasteiger partial charge in [-0.05, 0) is 36.4 Å². The summed E-state index contributed by atoms with van der Waals surface area (Å²) < 4.78 is 96.2. The van der Waals surface area contributed by atoms with E-state index in [0.29, 0.717) is 0 Å². The van der Waals surface area contributed by atoms with E-state index in [-0.39, 0.29) is 22.9 Å². The van der Waals surface area contributed by atoms with Crippen LogP contribution in [0.1, 0.15) is 5.56 Å². The lowest BCUT2D eigenvalue weighted by molar-refractivity contribution is -0.137. The minimum atomic E-state index is -4.52. The van der Waals surface area contributed by atoms with Gasteiger partial charge in [0.25, 0.3) is 0 Å². The summed E-state index contributed by atoms with van der Waals surface area (Å²) in [5.74, 6) is -2.65. The maximum Gasteiger partial charge on any atom is 0.416 e. The molecule has 1 N–H and O–H groups in total. The van der Waals surface area contributed by atoms with E-state index in [2.05, 4.69) is 9.97 Å². The molecule has 1 aromatic heterocycles. The van der Waals surface area contributed by atoms with Gasteiger partial charge in [-0.2, -0.15) is 13.2 Å². The molecule has 158 valence electrons. The first-order chi connectivity index (χ1) is 13.9. The van der Waals surface area contributed by atoms with E-state index in [9.17, 15) is 30.4 Å². The number of hydrogen-bond donors (Lipinski definition) is 1. The lowest BCUT2D eigenvalue weighted by Crippen LogP contribution is -2.12. The molecule has 6 nitrogen and oxygen atoms in total. The zero-order valence-corrected chi connectivity index (χ0v) is 15.9. The molecule has 0 saturated heterocycles. The van der Waals surface area contributed by atoms with Crippen molar-refractivity contribution in [2.75, 3.05) is 11.0 Å². The molecule has 0 aliphatic heterocycles. The van der Waals surface area contributed by atoms with E-state index in [4.69, 9.17) is 4.74 Å². The zero-order valence-electron chi connectivity index (χ0n) is 15.0. The van der Waals surface area contributed by atoms with Gasteiger partial charge in [-0.1, -0.05) is 0 Å². The lowest BCUT2D eigenvalue weighted by Gasteiger charge is -2.12. The van der Waals surface area contributed by atoms with Crippen molar-refractivity contribution in [3.05, 3.63) is 66.0 Å². The number of aromatic nitrogens is 2. The summed E-state index contributed by atoms with van der Waals surface area (Å²) in [5, 5.41) is 0. The molecule has 3 rings (SSSR count). The predicted molar refractivity (Wildman–Crippen MR) is 97.4 cm³/mol. The molecule has 0 fully saturated rings. The highest BCUT2D eigenvalue weighted by Gasteiger charge is 2.30. The van der Waals surface area contributed by atoms with Crippen molar-refractivity contribution < 1.29 is 35.1 Å². The van der Waals surface area contributed by atoms with E-state index >= 15 is 0 Å². The number of hydrogen-bond acceptors (Lipinski definition) is 5. The average Bonchev–Trinajstić information content (AvgIpc) is 2.64. The van der Waals surface area contributed by atoms with E-state index in [1.54, 1.807) is 4.72 Å². The highest BCUT2D eigenvalue weighted by molar-refractivity contribution is 7.92. The molecule has 30 heavy (non-hydrogen) atoms. The van der Waals surface area contributed by atoms with Gasteiger partial charge in [0.15, 0.2) is 11.6 Å². The molecule has 0 aliphatic carbocycles. The molecule has 1 heterocycles. The standard InChI is InChI=1S/C18H12F5N3O3S/c1-30(27,28)26-16-13(19)8-10(9-14(16)20)15-17(25-7-6-24-15)29-12-4-2-11(3-5-12)18(21,22)23/h2-9,26H,1H3. The summed E-state index contributed by atoms with van der Waals surface area (Å²) >= 11 is 0. The first-order valence-corrected chi connectivity index (χ1v) is 9.96. The number of anilines is 1. The summed E-state index contributed by atoms with van der Waals surface area (Å²) in [5.41, 5.74) is -1.98. The monoisotopic (exact) mass is 445 g/mol. The van der Waals surface area contributed by atoms with Crippen molar-refractivity contribution in [2.24, 2.45) is 0 Å². The Morgan fingerprint density at radius 1 is 0.967 bits per heavy atom. The molecular weight excluding hydrogens is 433 g/mol. The Kier molecular flexibility index (Phi) is 5.61. The van der Waals surface area contributed by atoms with Gasteiger partial charge < -0.3 is 4.74 Å². The van der Waals surface area contributed by atoms with Gasteiger partial charge in [-0.15, -0.1) is 0 Å². The van der Waals surface area contributed by atoms with E-state index in [0.717, 1.165) is 42.7 Å². The fraction of sp³-hybridized carbons (Fsp3) is 0.111. The Bertz CT molecular complexity index is 1160. The first-order valence-electron chi connectivity index (χ1n) is 8.07. The summed E-state index contributed by atoms with van der Waals surface area (Å²) in [6.45, 7) is 0. The van der Waals surface area contributed by atoms with Gasteiger partial charge in [-0.3, -0.25) is 4.72 Å². The Morgan fingerprint density at radius 2 is 1.53 bits per heavy atom. The third-order valence-corrected chi connectivity index (χ3v) is 4.24. The molecule has 2 aromatic carbocycles. The number of nitrogens with zero attached hydrogens (tertiary/aromatic N) is 2. The number of halogens is 5. The van der Waals surface area contributed by atoms with E-state index in [1.807, 2.05) is 0 Å². The Hall–Kier alpha value is -3.28. The molecule has 0 unspecified atom stereocenters. The van der Waals surface area contributed by atoms with Crippen LogP contribution in [-0.2, 0) is 16.2 Å². The van der Waals surface area contributed by atoms with Gasteiger partial charge in [0.2, 0.25) is 15.9 Å². The third kappa shape index (κ3) is 5.00. The minimum absolute atomic E-state index is 0.0129. The Morgan fingerprint density at radius 3 is 2.07 bits per heavy atom. The normalized spacial score (nSPS) is 11.9. The second kappa shape index (κ2) is 7.86. The van der Waals surface area contributed by atoms with E-state index in [1.165, 1.54) is 12.4 Å². The average molecular weight is 445 g/mol. The van der Waals surface area contributed by atoms with Crippen molar-refractivity contribution in [2.45, 2.75) is 6.18 Å². The van der Waals surface area contributed by atoms with Gasteiger partial charge in [0, 0.05) is 18.0 Å². The summed E-state index contributed by atoms with van der Waals surface area (Å²) in [6, 6.07) is 5.36. The fourth-order valence-corrected chi connectivity index (χ4v) is 2.98. The number of benzene rings is 2. The number of sulfonamides is 1. The quantitative estimate of drug-likeness (QED) is 0.581. The van der Waals surface area contributed by atoms with Crippen molar-refractivity contribution in [1.29, 1.82) is 0 Å². The maximum absolute atomic E-state index is 14.3.